The zero-order chi connectivity index (χ0) is 23.1. The van der Waals surface area contributed by atoms with Gasteiger partial charge in [0.05, 0.1) is 24.1 Å². The molecular weight excluding hydrogens is 448 g/mol. The van der Waals surface area contributed by atoms with E-state index >= 15 is 0 Å². The van der Waals surface area contributed by atoms with Crippen molar-refractivity contribution < 1.29 is 22.7 Å². The fourth-order valence-electron chi connectivity index (χ4n) is 3.21. The van der Waals surface area contributed by atoms with Crippen molar-refractivity contribution >= 4 is 39.0 Å². The van der Waals surface area contributed by atoms with Gasteiger partial charge in [-0.25, -0.2) is 18.2 Å². The summed E-state index contributed by atoms with van der Waals surface area (Å²) in [5, 5.41) is 3.32. The maximum absolute atomic E-state index is 11.6. The van der Waals surface area contributed by atoms with Crippen LogP contribution in [-0.4, -0.2) is 32.4 Å². The summed E-state index contributed by atoms with van der Waals surface area (Å²) in [6, 6.07) is 14.7. The Morgan fingerprint density at radius 3 is 2.19 bits per heavy atom. The number of aryl methyl sites for hydroxylation is 2. The van der Waals surface area contributed by atoms with Crippen molar-refractivity contribution in [3.8, 4) is 0 Å². The van der Waals surface area contributed by atoms with Gasteiger partial charge in [0, 0.05) is 18.2 Å². The van der Waals surface area contributed by atoms with E-state index in [1.165, 1.54) is 25.4 Å². The molecule has 0 saturated heterocycles. The third-order valence-electron chi connectivity index (χ3n) is 4.79. The Labute approximate surface area is 192 Å². The number of rotatable bonds is 9. The van der Waals surface area contributed by atoms with E-state index in [1.807, 2.05) is 36.4 Å². The number of nitrogens with zero attached hydrogens (tertiary/aromatic N) is 1. The molecule has 7 nitrogen and oxygen atoms in total. The first-order chi connectivity index (χ1) is 15.3. The summed E-state index contributed by atoms with van der Waals surface area (Å²) in [6.07, 6.45) is 2.04. The van der Waals surface area contributed by atoms with Gasteiger partial charge in [-0.3, -0.25) is 4.79 Å². The first-order valence-corrected chi connectivity index (χ1v) is 12.1. The van der Waals surface area contributed by atoms with Crippen molar-refractivity contribution in [3.05, 3.63) is 81.4 Å². The van der Waals surface area contributed by atoms with E-state index in [0.29, 0.717) is 23.5 Å². The van der Waals surface area contributed by atoms with Gasteiger partial charge in [-0.2, -0.15) is 0 Å². The molecule has 0 fully saturated rings. The van der Waals surface area contributed by atoms with Crippen LogP contribution in [0.4, 0.5) is 5.13 Å². The van der Waals surface area contributed by atoms with E-state index < -0.39 is 10.7 Å². The van der Waals surface area contributed by atoms with Crippen molar-refractivity contribution in [2.75, 3.05) is 12.4 Å². The molecule has 0 atom stereocenters. The van der Waals surface area contributed by atoms with Crippen molar-refractivity contribution in [3.63, 3.8) is 0 Å². The van der Waals surface area contributed by atoms with Crippen LogP contribution < -0.4 is 5.32 Å². The number of thiol groups is 1. The average Bonchev–Trinajstić information content (AvgIpc) is 3.13. The molecular formula is C23H24N2O5S2. The molecule has 0 aliphatic rings. The summed E-state index contributed by atoms with van der Waals surface area (Å²) in [5.74, 6) is -0.513. The van der Waals surface area contributed by atoms with Crippen LogP contribution in [0.2, 0.25) is 0 Å². The van der Waals surface area contributed by atoms with E-state index in [2.05, 4.69) is 10.3 Å². The highest BCUT2D eigenvalue weighted by molar-refractivity contribution is 7.71. The molecule has 3 rings (SSSR count). The molecule has 1 heterocycles. The lowest BCUT2D eigenvalue weighted by atomic mass is 10.0. The number of ether oxygens (including phenoxy) is 1. The van der Waals surface area contributed by atoms with Gasteiger partial charge in [0.2, 0.25) is 5.91 Å². The highest BCUT2D eigenvalue weighted by Gasteiger charge is 2.14. The number of anilines is 1. The number of carbonyl (C=O) groups excluding carboxylic acids is 2. The van der Waals surface area contributed by atoms with Gasteiger partial charge in [-0.1, -0.05) is 36.4 Å². The Hall–Kier alpha value is -3.04. The number of carbonyl (C=O) groups is 2. The number of amides is 1. The molecule has 1 aromatic heterocycles. The Bertz CT molecular complexity index is 1160. The highest BCUT2D eigenvalue weighted by Crippen LogP contribution is 2.27. The predicted molar refractivity (Wildman–Crippen MR) is 125 cm³/mol. The Balaban J connectivity index is 1.75. The molecule has 0 aliphatic heterocycles. The second kappa shape index (κ2) is 11.0. The molecule has 1 amide bonds. The maximum atomic E-state index is 11.6. The van der Waals surface area contributed by atoms with Crippen LogP contribution in [0.15, 0.2) is 48.5 Å². The minimum atomic E-state index is -2.45. The number of methoxy groups -OCH3 is 1. The first-order valence-electron chi connectivity index (χ1n) is 9.97. The lowest BCUT2D eigenvalue weighted by molar-refractivity contribution is -0.114. The zero-order valence-corrected chi connectivity index (χ0v) is 19.5. The van der Waals surface area contributed by atoms with Gasteiger partial charge < -0.3 is 10.1 Å². The number of benzene rings is 2. The molecule has 0 radical (unpaired) electrons. The summed E-state index contributed by atoms with van der Waals surface area (Å²) in [7, 11) is -1.10. The van der Waals surface area contributed by atoms with Crippen molar-refractivity contribution in [1.82, 2.24) is 4.98 Å². The number of thiazole rings is 1. The SMILES string of the molecule is COC(=O)c1ccc(CCc2nc(NC(C)=O)sc2Cc2ccc(C[SH](=O)=O)cc2)cc1. The van der Waals surface area contributed by atoms with Crippen LogP contribution >= 0.6 is 11.3 Å². The summed E-state index contributed by atoms with van der Waals surface area (Å²) >= 11 is 1.44. The smallest absolute Gasteiger partial charge is 0.337 e. The second-order valence-corrected chi connectivity index (χ2v) is 9.31. The van der Waals surface area contributed by atoms with Crippen molar-refractivity contribution in [1.29, 1.82) is 0 Å². The Morgan fingerprint density at radius 2 is 1.59 bits per heavy atom. The molecule has 3 aromatic rings. The van der Waals surface area contributed by atoms with Gasteiger partial charge in [0.15, 0.2) is 5.13 Å². The van der Waals surface area contributed by atoms with E-state index in [9.17, 15) is 18.0 Å². The third-order valence-corrected chi connectivity index (χ3v) is 6.42. The van der Waals surface area contributed by atoms with Gasteiger partial charge in [-0.15, -0.1) is 11.3 Å². The number of nitrogens with one attached hydrogen (secondary N) is 1. The summed E-state index contributed by atoms with van der Waals surface area (Å²) in [4.78, 5) is 28.7. The van der Waals surface area contributed by atoms with E-state index in [-0.39, 0.29) is 17.6 Å². The average molecular weight is 473 g/mol. The van der Waals surface area contributed by atoms with Crippen molar-refractivity contribution in [2.24, 2.45) is 0 Å². The minimum absolute atomic E-state index is 0.0306. The van der Waals surface area contributed by atoms with Crippen molar-refractivity contribution in [2.45, 2.75) is 31.9 Å². The standard InChI is InChI=1S/C23H24N2O5S2/c1-15(26)24-23-25-20(12-9-16-7-10-19(11-8-16)22(27)30-2)21(31-23)13-17-3-5-18(6-4-17)14-32(28)29/h3-8,10-11,32H,9,12-14H2,1-2H3,(H,24,25,26). The topological polar surface area (TPSA) is 102 Å². The molecule has 0 spiro atoms. The normalized spacial score (nSPS) is 10.8. The van der Waals surface area contributed by atoms with E-state index in [4.69, 9.17) is 4.74 Å². The Kier molecular flexibility index (Phi) is 8.13. The lowest BCUT2D eigenvalue weighted by Crippen LogP contribution is -2.05. The van der Waals surface area contributed by atoms with Gasteiger partial charge >= 0.3 is 5.97 Å². The summed E-state index contributed by atoms with van der Waals surface area (Å²) < 4.78 is 26.5. The molecule has 0 aliphatic carbocycles. The molecule has 9 heteroatoms. The molecule has 1 N–H and O–H groups in total. The largest absolute Gasteiger partial charge is 0.465 e. The number of hydrogen-bond acceptors (Lipinski definition) is 7. The highest BCUT2D eigenvalue weighted by atomic mass is 32.2. The van der Waals surface area contributed by atoms with Gasteiger partial charge in [0.25, 0.3) is 0 Å². The van der Waals surface area contributed by atoms with E-state index in [1.54, 1.807) is 12.1 Å². The van der Waals surface area contributed by atoms with Gasteiger partial charge in [0.1, 0.15) is 10.7 Å². The first kappa shape index (κ1) is 23.6. The lowest BCUT2D eigenvalue weighted by Gasteiger charge is -2.05. The third kappa shape index (κ3) is 6.73. The number of aromatic nitrogens is 1. The fourth-order valence-corrected chi connectivity index (χ4v) is 4.80. The second-order valence-electron chi connectivity index (χ2n) is 7.24. The number of esters is 1. The molecule has 0 unspecified atom stereocenters. The van der Waals surface area contributed by atoms with Crippen LogP contribution in [0.3, 0.4) is 0 Å². The molecule has 168 valence electrons. The van der Waals surface area contributed by atoms with E-state index in [0.717, 1.165) is 33.7 Å². The van der Waals surface area contributed by atoms with Crippen LogP contribution in [0.1, 0.15) is 44.5 Å². The molecule has 0 saturated carbocycles. The van der Waals surface area contributed by atoms with Crippen LogP contribution in [0.25, 0.3) is 0 Å². The Morgan fingerprint density at radius 1 is 0.969 bits per heavy atom. The van der Waals surface area contributed by atoms with Crippen LogP contribution in [0.5, 0.6) is 0 Å². The fraction of sp³-hybridized carbons (Fsp3) is 0.261. The predicted octanol–water partition coefficient (Wildman–Crippen LogP) is 3.38. The van der Waals surface area contributed by atoms with Gasteiger partial charge in [-0.05, 0) is 41.7 Å². The zero-order valence-electron chi connectivity index (χ0n) is 17.8. The number of hydrogen-bond donors (Lipinski definition) is 2. The summed E-state index contributed by atoms with van der Waals surface area (Å²) in [6.45, 7) is 1.45. The quantitative estimate of drug-likeness (QED) is 0.366. The molecule has 2 aromatic carbocycles. The van der Waals surface area contributed by atoms with Crippen LogP contribution in [-0.2, 0) is 45.3 Å². The molecule has 0 bridgehead atoms. The monoisotopic (exact) mass is 472 g/mol. The minimum Gasteiger partial charge on any atom is -0.465 e. The van der Waals surface area contributed by atoms with Crippen LogP contribution in [0, 0.1) is 0 Å². The molecule has 32 heavy (non-hydrogen) atoms. The maximum Gasteiger partial charge on any atom is 0.337 e. The summed E-state index contributed by atoms with van der Waals surface area (Å²) in [5.41, 5.74) is 4.26.